The van der Waals surface area contributed by atoms with Crippen molar-refractivity contribution in [2.75, 3.05) is 68.6 Å². The highest BCUT2D eigenvalue weighted by molar-refractivity contribution is 5.89. The number of H-pyrrole nitrogens is 2. The Morgan fingerprint density at radius 1 is 0.526 bits per heavy atom. The fraction of sp³-hybridized carbons (Fsp3) is 0.469. The first-order valence-corrected chi connectivity index (χ1v) is 21.5. The molecule has 2 aliphatic rings. The summed E-state index contributed by atoms with van der Waals surface area (Å²) >= 11 is 0. The molecule has 2 aliphatic heterocycles. The maximum Gasteiger partial charge on any atom is 0.123 e. The average molecular weight is 773 g/mol. The molecule has 0 atom stereocenters. The standard InChI is InChI=1S/C49H68N6O2/c1-8-9-10-11-12-13-14-15-16-19-45-47-24-22-40(51-47)32-38-20-21-39(50-38)33-42-34-46(49(53-42)35-41-23-25-48(45)52-41)37-30-43(56-28-17-26-54(2,3)4)36-44(31-37)57-29-18-27-55(5,6)7/h20-25,30-36,50,53H,8-19,26-29H2,1-7H3/q+2. The molecule has 0 saturated carbocycles. The predicted octanol–water partition coefficient (Wildman–Crippen LogP) is 11.3. The number of fused-ring (bicyclic) bond motifs is 8. The van der Waals surface area contributed by atoms with E-state index in [1.165, 1.54) is 56.9 Å². The second kappa shape index (κ2) is 19.7. The summed E-state index contributed by atoms with van der Waals surface area (Å²) in [6, 6.07) is 19.3. The molecule has 4 aromatic rings. The fourth-order valence-corrected chi connectivity index (χ4v) is 7.60. The van der Waals surface area contributed by atoms with Gasteiger partial charge < -0.3 is 28.4 Å². The predicted molar refractivity (Wildman–Crippen MR) is 241 cm³/mol. The van der Waals surface area contributed by atoms with Gasteiger partial charge in [0.15, 0.2) is 0 Å². The minimum atomic E-state index is 0.648. The van der Waals surface area contributed by atoms with Crippen molar-refractivity contribution in [3.63, 3.8) is 0 Å². The van der Waals surface area contributed by atoms with Gasteiger partial charge in [-0.1, -0.05) is 58.3 Å². The molecule has 0 radical (unpaired) electrons. The summed E-state index contributed by atoms with van der Waals surface area (Å²) in [5.74, 6) is 1.64. The Labute approximate surface area is 341 Å². The lowest BCUT2D eigenvalue weighted by molar-refractivity contribution is -0.870. The molecule has 0 amide bonds. The number of nitrogens with one attached hydrogen (secondary N) is 2. The summed E-state index contributed by atoms with van der Waals surface area (Å²) in [4.78, 5) is 17.7. The zero-order valence-corrected chi connectivity index (χ0v) is 35.9. The van der Waals surface area contributed by atoms with Gasteiger partial charge in [-0.15, -0.1) is 0 Å². The quantitative estimate of drug-likeness (QED) is 0.0564. The number of ether oxygens (including phenoxy) is 2. The first kappa shape index (κ1) is 42.0. The van der Waals surface area contributed by atoms with Gasteiger partial charge in [-0.3, -0.25) is 0 Å². The molecule has 6 rings (SSSR count). The highest BCUT2D eigenvalue weighted by Crippen LogP contribution is 2.34. The van der Waals surface area contributed by atoms with Crippen molar-refractivity contribution in [3.8, 4) is 22.6 Å². The minimum Gasteiger partial charge on any atom is -0.493 e. The number of hydrogen-bond acceptors (Lipinski definition) is 4. The average Bonchev–Trinajstić information content (AvgIpc) is 3.98. The van der Waals surface area contributed by atoms with E-state index in [4.69, 9.17) is 19.4 Å². The Morgan fingerprint density at radius 2 is 1.07 bits per heavy atom. The monoisotopic (exact) mass is 773 g/mol. The van der Waals surface area contributed by atoms with Crippen LogP contribution in [0.2, 0.25) is 0 Å². The lowest BCUT2D eigenvalue weighted by atomic mass is 10.0. The van der Waals surface area contributed by atoms with Crippen LogP contribution in [0.25, 0.3) is 57.5 Å². The third-order valence-corrected chi connectivity index (χ3v) is 10.7. The van der Waals surface area contributed by atoms with E-state index in [1.807, 2.05) is 6.07 Å². The normalized spacial score (nSPS) is 12.8. The highest BCUT2D eigenvalue weighted by atomic mass is 16.5. The van der Waals surface area contributed by atoms with Crippen LogP contribution < -0.4 is 9.47 Å². The van der Waals surface area contributed by atoms with Gasteiger partial charge in [-0.2, -0.15) is 0 Å². The van der Waals surface area contributed by atoms with Gasteiger partial charge in [0.1, 0.15) is 11.5 Å². The number of nitrogens with zero attached hydrogens (tertiary/aromatic N) is 4. The van der Waals surface area contributed by atoms with Crippen molar-refractivity contribution in [1.29, 1.82) is 0 Å². The summed E-state index contributed by atoms with van der Waals surface area (Å²) in [5, 5.41) is 0. The third-order valence-electron chi connectivity index (χ3n) is 10.7. The van der Waals surface area contributed by atoms with Crippen LogP contribution in [-0.2, 0) is 6.42 Å². The molecule has 1 aromatic carbocycles. The third kappa shape index (κ3) is 13.2. The Morgan fingerprint density at radius 3 is 1.65 bits per heavy atom. The largest absolute Gasteiger partial charge is 0.493 e. The van der Waals surface area contributed by atoms with Crippen LogP contribution >= 0.6 is 0 Å². The lowest BCUT2D eigenvalue weighted by Gasteiger charge is -2.24. The maximum atomic E-state index is 6.42. The number of hydrogen-bond donors (Lipinski definition) is 2. The van der Waals surface area contributed by atoms with E-state index in [0.717, 1.165) is 115 Å². The Balaban J connectivity index is 1.37. The number of unbranched alkanes of at least 4 members (excludes halogenated alkanes) is 8. The summed E-state index contributed by atoms with van der Waals surface area (Å²) in [7, 11) is 13.3. The second-order valence-corrected chi connectivity index (χ2v) is 18.0. The number of aromatic amines is 2. The molecule has 8 nitrogen and oxygen atoms in total. The van der Waals surface area contributed by atoms with Crippen LogP contribution in [0.5, 0.6) is 11.5 Å². The van der Waals surface area contributed by atoms with Gasteiger partial charge in [-0.05, 0) is 91.2 Å². The van der Waals surface area contributed by atoms with Crippen molar-refractivity contribution < 1.29 is 18.4 Å². The lowest BCUT2D eigenvalue weighted by Crippen LogP contribution is -2.36. The second-order valence-electron chi connectivity index (χ2n) is 18.0. The van der Waals surface area contributed by atoms with Gasteiger partial charge in [-0.25, -0.2) is 9.97 Å². The van der Waals surface area contributed by atoms with Crippen molar-refractivity contribution in [2.45, 2.75) is 84.0 Å². The fourth-order valence-electron chi connectivity index (χ4n) is 7.60. The molecule has 8 bridgehead atoms. The SMILES string of the molecule is CCCCCCCCCCCc1c2nc(cc3ccc(cc4cc(-c5cc(OCCC[N+](C)(C)C)cc(OCCC[N+](C)(C)C)c5)c(cc5nc1C=C5)[nH]4)[nH]3)C=C2. The molecule has 0 unspecified atom stereocenters. The van der Waals surface area contributed by atoms with Gasteiger partial charge in [0.05, 0.1) is 91.4 Å². The molecule has 57 heavy (non-hydrogen) atoms. The Kier molecular flexibility index (Phi) is 14.5. The van der Waals surface area contributed by atoms with Crippen molar-refractivity contribution in [1.82, 2.24) is 19.9 Å². The van der Waals surface area contributed by atoms with Crippen molar-refractivity contribution in [2.24, 2.45) is 0 Å². The molecule has 0 saturated heterocycles. The molecule has 304 valence electrons. The molecular weight excluding hydrogens is 705 g/mol. The molecule has 0 fully saturated rings. The molecule has 0 spiro atoms. The van der Waals surface area contributed by atoms with Crippen LogP contribution in [0.15, 0.2) is 54.6 Å². The van der Waals surface area contributed by atoms with E-state index in [2.05, 4.69) is 132 Å². The molecule has 3 aromatic heterocycles. The van der Waals surface area contributed by atoms with Crippen molar-refractivity contribution >= 4 is 46.4 Å². The van der Waals surface area contributed by atoms with E-state index in [1.54, 1.807) is 0 Å². The van der Waals surface area contributed by atoms with Crippen LogP contribution in [0.1, 0.15) is 106 Å². The van der Waals surface area contributed by atoms with E-state index in [9.17, 15) is 0 Å². The molecular formula is C49H68N6O2+2. The van der Waals surface area contributed by atoms with E-state index < -0.39 is 0 Å². The minimum absolute atomic E-state index is 0.648. The van der Waals surface area contributed by atoms with Crippen LogP contribution in [0.3, 0.4) is 0 Å². The zero-order chi connectivity index (χ0) is 40.3. The smallest absolute Gasteiger partial charge is 0.123 e. The summed E-state index contributed by atoms with van der Waals surface area (Å²) < 4.78 is 14.7. The Bertz CT molecular complexity index is 2120. The number of rotatable bonds is 21. The zero-order valence-electron chi connectivity index (χ0n) is 35.9. The van der Waals surface area contributed by atoms with Crippen LogP contribution in [-0.4, -0.2) is 97.5 Å². The summed E-state index contributed by atoms with van der Waals surface area (Å²) in [5.41, 5.74) is 11.3. The van der Waals surface area contributed by atoms with Crippen LogP contribution in [0, 0.1) is 0 Å². The Hall–Kier alpha value is -4.66. The molecule has 0 aliphatic carbocycles. The summed E-state index contributed by atoms with van der Waals surface area (Å²) in [6.07, 6.45) is 23.2. The molecule has 8 heteroatoms. The van der Waals surface area contributed by atoms with Gasteiger partial charge in [0, 0.05) is 52.1 Å². The van der Waals surface area contributed by atoms with E-state index in [0.29, 0.717) is 13.2 Å². The highest BCUT2D eigenvalue weighted by Gasteiger charge is 2.15. The molecule has 5 heterocycles. The van der Waals surface area contributed by atoms with Gasteiger partial charge in [0.2, 0.25) is 0 Å². The topological polar surface area (TPSA) is 75.8 Å². The number of benzene rings is 1. The number of quaternary nitrogens is 2. The van der Waals surface area contributed by atoms with Gasteiger partial charge in [0.25, 0.3) is 0 Å². The van der Waals surface area contributed by atoms with Gasteiger partial charge >= 0.3 is 0 Å². The first-order chi connectivity index (χ1) is 27.4. The molecule has 2 N–H and O–H groups in total. The maximum absolute atomic E-state index is 6.42. The van der Waals surface area contributed by atoms with Crippen molar-refractivity contribution in [3.05, 3.63) is 82.9 Å². The summed E-state index contributed by atoms with van der Waals surface area (Å²) in [6.45, 7) is 5.66. The van der Waals surface area contributed by atoms with E-state index >= 15 is 0 Å². The van der Waals surface area contributed by atoms with E-state index in [-0.39, 0.29) is 0 Å². The first-order valence-electron chi connectivity index (χ1n) is 21.5. The van der Waals surface area contributed by atoms with Crippen LogP contribution in [0.4, 0.5) is 0 Å². The number of aromatic nitrogens is 4.